The summed E-state index contributed by atoms with van der Waals surface area (Å²) in [7, 11) is -1.79. The molecule has 0 radical (unpaired) electrons. The van der Waals surface area contributed by atoms with Crippen molar-refractivity contribution in [3.63, 3.8) is 0 Å². The predicted octanol–water partition coefficient (Wildman–Crippen LogP) is 3.59. The van der Waals surface area contributed by atoms with Gasteiger partial charge in [0.2, 0.25) is 24.5 Å². The highest BCUT2D eigenvalue weighted by atomic mass is 32.2. The molecule has 2 aliphatic rings. The van der Waals surface area contributed by atoms with Gasteiger partial charge in [-0.3, -0.25) is 23.5 Å². The van der Waals surface area contributed by atoms with Gasteiger partial charge in [0, 0.05) is 34.3 Å². The SMILES string of the molecule is Cc1ccc(C)c(N(C(=O)C[S@](=O)CC(=O)Nc2ccc3c(c2)OCO3)[C@@H](C)C(=O)NC2CCCCC2)c1. The molecule has 0 bridgehead atoms. The van der Waals surface area contributed by atoms with Crippen molar-refractivity contribution in [1.29, 1.82) is 0 Å². The lowest BCUT2D eigenvalue weighted by Crippen LogP contribution is -2.52. The Morgan fingerprint density at radius 2 is 1.74 bits per heavy atom. The fourth-order valence-electron chi connectivity index (χ4n) is 4.80. The predicted molar refractivity (Wildman–Crippen MR) is 147 cm³/mol. The molecule has 2 atom stereocenters. The topological polar surface area (TPSA) is 114 Å². The molecule has 1 saturated carbocycles. The molecule has 3 amide bonds. The van der Waals surface area contributed by atoms with E-state index in [0.29, 0.717) is 22.9 Å². The standard InChI is InChI=1S/C28H35N3O6S/c1-18-9-10-19(2)23(13-18)31(20(3)28(34)30-21-7-5-4-6-8-21)27(33)16-38(35)15-26(32)29-22-11-12-24-25(14-22)37-17-36-24/h9-14,20-21H,4-8,15-17H2,1-3H3,(H,29,32)(H,30,34)/t20-,38+/m0/s1. The molecule has 1 fully saturated rings. The normalized spacial score (nSPS) is 16.4. The first-order valence-corrected chi connectivity index (χ1v) is 14.4. The molecule has 1 aliphatic heterocycles. The third-order valence-corrected chi connectivity index (χ3v) is 8.00. The van der Waals surface area contributed by atoms with Gasteiger partial charge >= 0.3 is 0 Å². The highest BCUT2D eigenvalue weighted by molar-refractivity contribution is 7.86. The highest BCUT2D eigenvalue weighted by Crippen LogP contribution is 2.34. The van der Waals surface area contributed by atoms with Crippen LogP contribution in [-0.2, 0) is 25.2 Å². The zero-order valence-electron chi connectivity index (χ0n) is 22.1. The number of amides is 3. The van der Waals surface area contributed by atoms with Crippen LogP contribution in [0.25, 0.3) is 0 Å². The third-order valence-electron chi connectivity index (χ3n) is 6.84. The molecule has 0 spiro atoms. The number of nitrogens with zero attached hydrogens (tertiary/aromatic N) is 1. The summed E-state index contributed by atoms with van der Waals surface area (Å²) < 4.78 is 23.5. The van der Waals surface area contributed by atoms with Crippen LogP contribution in [-0.4, -0.2) is 52.3 Å². The third kappa shape index (κ3) is 6.92. The number of aryl methyl sites for hydroxylation is 2. The molecule has 2 N–H and O–H groups in total. The number of carbonyl (C=O) groups excluding carboxylic acids is 3. The second-order valence-corrected chi connectivity index (χ2v) is 11.4. The van der Waals surface area contributed by atoms with E-state index in [1.54, 1.807) is 25.1 Å². The zero-order valence-corrected chi connectivity index (χ0v) is 22.9. The Morgan fingerprint density at radius 1 is 1.00 bits per heavy atom. The van der Waals surface area contributed by atoms with Crippen molar-refractivity contribution in [1.82, 2.24) is 5.32 Å². The maximum atomic E-state index is 13.5. The Labute approximate surface area is 225 Å². The summed E-state index contributed by atoms with van der Waals surface area (Å²) in [6, 6.07) is 9.96. The maximum absolute atomic E-state index is 13.5. The number of hydrogen-bond acceptors (Lipinski definition) is 6. The lowest BCUT2D eigenvalue weighted by Gasteiger charge is -2.32. The number of ether oxygens (including phenoxy) is 2. The van der Waals surface area contributed by atoms with Crippen molar-refractivity contribution in [2.45, 2.75) is 65.0 Å². The number of hydrogen-bond donors (Lipinski definition) is 2. The van der Waals surface area contributed by atoms with Gasteiger partial charge in [-0.1, -0.05) is 31.4 Å². The Morgan fingerprint density at radius 3 is 2.50 bits per heavy atom. The van der Waals surface area contributed by atoms with Gasteiger partial charge in [0.05, 0.1) is 0 Å². The second-order valence-electron chi connectivity index (χ2n) is 9.92. The number of rotatable bonds is 9. The van der Waals surface area contributed by atoms with Gasteiger partial charge in [0.1, 0.15) is 17.5 Å². The number of anilines is 2. The molecule has 9 nitrogen and oxygen atoms in total. The van der Waals surface area contributed by atoms with Crippen LogP contribution in [0.3, 0.4) is 0 Å². The van der Waals surface area contributed by atoms with Gasteiger partial charge in [0.25, 0.3) is 0 Å². The monoisotopic (exact) mass is 541 g/mol. The van der Waals surface area contributed by atoms with Gasteiger partial charge < -0.3 is 20.1 Å². The van der Waals surface area contributed by atoms with Crippen molar-refractivity contribution < 1.29 is 28.1 Å². The summed E-state index contributed by atoms with van der Waals surface area (Å²) >= 11 is 0. The van der Waals surface area contributed by atoms with Crippen LogP contribution in [0.5, 0.6) is 11.5 Å². The van der Waals surface area contributed by atoms with E-state index in [9.17, 15) is 18.6 Å². The van der Waals surface area contributed by atoms with E-state index < -0.39 is 28.7 Å². The van der Waals surface area contributed by atoms with E-state index >= 15 is 0 Å². The molecule has 10 heteroatoms. The first-order chi connectivity index (χ1) is 18.2. The minimum absolute atomic E-state index is 0.100. The lowest BCUT2D eigenvalue weighted by atomic mass is 9.95. The van der Waals surface area contributed by atoms with E-state index in [2.05, 4.69) is 10.6 Å². The molecule has 4 rings (SSSR count). The first-order valence-electron chi connectivity index (χ1n) is 13.0. The Kier molecular flexibility index (Phi) is 9.04. The zero-order chi connectivity index (χ0) is 27.2. The van der Waals surface area contributed by atoms with Crippen LogP contribution >= 0.6 is 0 Å². The van der Waals surface area contributed by atoms with Gasteiger partial charge in [-0.15, -0.1) is 0 Å². The smallest absolute Gasteiger partial charge is 0.243 e. The van der Waals surface area contributed by atoms with Crippen molar-refractivity contribution in [3.05, 3.63) is 47.5 Å². The fraction of sp³-hybridized carbons (Fsp3) is 0.464. The molecule has 1 heterocycles. The molecule has 38 heavy (non-hydrogen) atoms. The van der Waals surface area contributed by atoms with Crippen molar-refractivity contribution in [3.8, 4) is 11.5 Å². The minimum atomic E-state index is -1.79. The van der Waals surface area contributed by atoms with E-state index in [1.807, 2.05) is 32.0 Å². The van der Waals surface area contributed by atoms with Crippen LogP contribution in [0.2, 0.25) is 0 Å². The van der Waals surface area contributed by atoms with Gasteiger partial charge in [0.15, 0.2) is 11.5 Å². The summed E-state index contributed by atoms with van der Waals surface area (Å²) in [6.45, 7) is 5.59. The fourth-order valence-corrected chi connectivity index (χ4v) is 5.68. The van der Waals surface area contributed by atoms with Gasteiger partial charge in [-0.25, -0.2) is 0 Å². The molecule has 204 valence electrons. The summed E-state index contributed by atoms with van der Waals surface area (Å²) in [5.41, 5.74) is 2.84. The first kappa shape index (κ1) is 27.6. The molecular formula is C28H35N3O6S. The van der Waals surface area contributed by atoms with Gasteiger partial charge in [-0.2, -0.15) is 0 Å². The van der Waals surface area contributed by atoms with Crippen molar-refractivity contribution >= 4 is 39.9 Å². The quantitative estimate of drug-likeness (QED) is 0.502. The molecule has 1 aliphatic carbocycles. The highest BCUT2D eigenvalue weighted by Gasteiger charge is 2.31. The molecule has 0 aromatic heterocycles. The number of nitrogens with one attached hydrogen (secondary N) is 2. The molecule has 2 aromatic rings. The molecule has 0 saturated heterocycles. The van der Waals surface area contributed by atoms with E-state index in [1.165, 1.54) is 11.3 Å². The largest absolute Gasteiger partial charge is 0.454 e. The molecule has 0 unspecified atom stereocenters. The average molecular weight is 542 g/mol. The van der Waals surface area contributed by atoms with Crippen molar-refractivity contribution in [2.75, 3.05) is 28.5 Å². The van der Waals surface area contributed by atoms with Crippen LogP contribution in [0.1, 0.15) is 50.2 Å². The van der Waals surface area contributed by atoms with E-state index in [4.69, 9.17) is 9.47 Å². The minimum Gasteiger partial charge on any atom is -0.454 e. The van der Waals surface area contributed by atoms with Crippen molar-refractivity contribution in [2.24, 2.45) is 0 Å². The van der Waals surface area contributed by atoms with E-state index in [0.717, 1.165) is 36.8 Å². The maximum Gasteiger partial charge on any atom is 0.243 e. The van der Waals surface area contributed by atoms with Crippen LogP contribution in [0.4, 0.5) is 11.4 Å². The summed E-state index contributed by atoms with van der Waals surface area (Å²) in [5.74, 6) is -0.839. The molecule has 2 aromatic carbocycles. The second kappa shape index (κ2) is 12.4. The number of fused-ring (bicyclic) bond motifs is 1. The van der Waals surface area contributed by atoms with Crippen LogP contribution in [0.15, 0.2) is 36.4 Å². The average Bonchev–Trinajstić information content (AvgIpc) is 3.34. The number of benzene rings is 2. The summed E-state index contributed by atoms with van der Waals surface area (Å²) in [4.78, 5) is 40.7. The summed E-state index contributed by atoms with van der Waals surface area (Å²) in [6.07, 6.45) is 5.18. The lowest BCUT2D eigenvalue weighted by molar-refractivity contribution is -0.126. The van der Waals surface area contributed by atoms with Crippen LogP contribution < -0.4 is 25.0 Å². The Balaban J connectivity index is 1.43. The van der Waals surface area contributed by atoms with Gasteiger partial charge in [-0.05, 0) is 62.9 Å². The Bertz CT molecular complexity index is 1230. The summed E-state index contributed by atoms with van der Waals surface area (Å²) in [5, 5.41) is 5.78. The van der Waals surface area contributed by atoms with E-state index in [-0.39, 0.29) is 30.2 Å². The number of carbonyl (C=O) groups is 3. The molecular weight excluding hydrogens is 506 g/mol. The van der Waals surface area contributed by atoms with Crippen LogP contribution in [0, 0.1) is 13.8 Å². The Hall–Kier alpha value is -3.40.